The fourth-order valence-electron chi connectivity index (χ4n) is 5.91. The molecule has 2 atom stereocenters. The second-order valence-corrected chi connectivity index (χ2v) is 14.7. The third-order valence-corrected chi connectivity index (χ3v) is 9.73. The van der Waals surface area contributed by atoms with Gasteiger partial charge in [0, 0.05) is 11.8 Å². The van der Waals surface area contributed by atoms with Crippen LogP contribution in [0.5, 0.6) is 0 Å². The molecule has 3 nitrogen and oxygen atoms in total. The van der Waals surface area contributed by atoms with Crippen molar-refractivity contribution >= 4 is 23.2 Å². The van der Waals surface area contributed by atoms with Crippen molar-refractivity contribution in [1.82, 2.24) is 0 Å². The highest BCUT2D eigenvalue weighted by molar-refractivity contribution is 6.18. The smallest absolute Gasteiger partial charge is 0.149 e. The maximum absolute atomic E-state index is 5.79. The highest BCUT2D eigenvalue weighted by atomic mass is 35.5. The normalized spacial score (nSPS) is 13.4. The van der Waals surface area contributed by atoms with Crippen LogP contribution < -0.4 is 0 Å². The number of hydrogen-bond donors (Lipinski definition) is 0. The van der Waals surface area contributed by atoms with Crippen molar-refractivity contribution in [3.63, 3.8) is 0 Å². The first-order chi connectivity index (χ1) is 23.2. The van der Waals surface area contributed by atoms with Crippen LogP contribution in [0.15, 0.2) is 24.3 Å². The Bertz CT molecular complexity index is 575. The largest absolute Gasteiger partial charge is 0.352 e. The van der Waals surface area contributed by atoms with E-state index in [4.69, 9.17) is 37.4 Å². The zero-order valence-corrected chi connectivity index (χ0v) is 33.0. The van der Waals surface area contributed by atoms with Crippen LogP contribution in [-0.4, -0.2) is 37.6 Å². The Balaban J connectivity index is 3.34. The average molecular weight is 704 g/mol. The molecule has 0 aromatic carbocycles. The summed E-state index contributed by atoms with van der Waals surface area (Å²) in [6.07, 6.45) is 49.3. The van der Waals surface area contributed by atoms with Crippen LogP contribution in [0.25, 0.3) is 0 Å². The van der Waals surface area contributed by atoms with Gasteiger partial charge in [0.1, 0.15) is 13.6 Å². The van der Waals surface area contributed by atoms with E-state index < -0.39 is 0 Å². The van der Waals surface area contributed by atoms with E-state index in [1.807, 2.05) is 0 Å². The van der Waals surface area contributed by atoms with Crippen LogP contribution in [0.1, 0.15) is 206 Å². The van der Waals surface area contributed by atoms with E-state index in [2.05, 4.69) is 38.2 Å². The highest BCUT2D eigenvalue weighted by Crippen LogP contribution is 2.15. The maximum atomic E-state index is 5.79. The van der Waals surface area contributed by atoms with Crippen molar-refractivity contribution in [2.75, 3.05) is 25.3 Å². The highest BCUT2D eigenvalue weighted by Gasteiger charge is 2.03. The molecule has 0 spiro atoms. The van der Waals surface area contributed by atoms with E-state index in [1.165, 1.54) is 167 Å². The molecule has 5 heteroatoms. The number of unbranched alkanes of at least 4 members (excludes halogenated alkanes) is 24. The number of halogens is 2. The molecule has 0 heterocycles. The molecule has 0 aliphatic carbocycles. The lowest BCUT2D eigenvalue weighted by atomic mass is 10.0. The molecule has 0 radical (unpaired) electrons. The van der Waals surface area contributed by atoms with Gasteiger partial charge in [0.15, 0.2) is 0 Å². The van der Waals surface area contributed by atoms with E-state index in [0.29, 0.717) is 13.6 Å². The number of rotatable bonds is 40. The lowest BCUT2D eigenvalue weighted by Gasteiger charge is -2.14. The lowest BCUT2D eigenvalue weighted by Crippen LogP contribution is -2.15. The van der Waals surface area contributed by atoms with Gasteiger partial charge in [-0.3, -0.25) is 0 Å². The zero-order valence-electron chi connectivity index (χ0n) is 31.5. The standard InChI is InChI=1S/C42H80Cl2O3/c1-41(35-31-27-23-19-15-11-7-3-5-9-13-17-21-25-29-33-37-43)46-39-45-40-47-42(2)36-32-28-24-20-16-12-8-4-6-10-14-18-22-26-30-34-38-44/h23-24,27-28,41-42H,3-22,25-26,29-40H2,1-2H3. The molecule has 280 valence electrons. The van der Waals surface area contributed by atoms with Gasteiger partial charge in [-0.25, -0.2) is 0 Å². The number of alkyl halides is 2. The number of allylic oxidation sites excluding steroid dienone is 4. The Morgan fingerprint density at radius 3 is 0.915 bits per heavy atom. The molecule has 0 aromatic rings. The summed E-state index contributed by atoms with van der Waals surface area (Å²) in [4.78, 5) is 0. The second-order valence-electron chi connectivity index (χ2n) is 13.9. The van der Waals surface area contributed by atoms with Gasteiger partial charge in [0.2, 0.25) is 0 Å². The molecule has 0 rings (SSSR count). The van der Waals surface area contributed by atoms with Gasteiger partial charge >= 0.3 is 0 Å². The van der Waals surface area contributed by atoms with Gasteiger partial charge in [-0.05, 0) is 78.1 Å². The zero-order chi connectivity index (χ0) is 34.1. The van der Waals surface area contributed by atoms with E-state index in [1.54, 1.807) is 0 Å². The van der Waals surface area contributed by atoms with Crippen LogP contribution in [0.3, 0.4) is 0 Å². The SMILES string of the molecule is CC(CCC=CCCCCCCCCCCCCCCCl)OCOCOC(C)CCC=CCCCCCCCCCCCCCCCl. The van der Waals surface area contributed by atoms with Crippen molar-refractivity contribution in [2.24, 2.45) is 0 Å². The Hall–Kier alpha value is -0.0600. The predicted molar refractivity (Wildman–Crippen MR) is 210 cm³/mol. The Morgan fingerprint density at radius 2 is 0.617 bits per heavy atom. The summed E-state index contributed by atoms with van der Waals surface area (Å²) >= 11 is 11.5. The van der Waals surface area contributed by atoms with Crippen molar-refractivity contribution in [3.05, 3.63) is 24.3 Å². The monoisotopic (exact) mass is 703 g/mol. The minimum Gasteiger partial charge on any atom is -0.352 e. The van der Waals surface area contributed by atoms with Gasteiger partial charge in [0.25, 0.3) is 0 Å². The van der Waals surface area contributed by atoms with Gasteiger partial charge in [-0.2, -0.15) is 0 Å². The van der Waals surface area contributed by atoms with Gasteiger partial charge in [0.05, 0.1) is 12.2 Å². The first-order valence-corrected chi connectivity index (χ1v) is 21.5. The number of hydrogen-bond acceptors (Lipinski definition) is 3. The van der Waals surface area contributed by atoms with Crippen molar-refractivity contribution < 1.29 is 14.2 Å². The molecule has 0 fully saturated rings. The third-order valence-electron chi connectivity index (χ3n) is 9.19. The molecular formula is C42H80Cl2O3. The van der Waals surface area contributed by atoms with Gasteiger partial charge in [-0.15, -0.1) is 23.2 Å². The van der Waals surface area contributed by atoms with E-state index in [9.17, 15) is 0 Å². The summed E-state index contributed by atoms with van der Waals surface area (Å²) < 4.78 is 17.1. The van der Waals surface area contributed by atoms with Crippen molar-refractivity contribution in [1.29, 1.82) is 0 Å². The Morgan fingerprint density at radius 1 is 0.362 bits per heavy atom. The van der Waals surface area contributed by atoms with E-state index in [-0.39, 0.29) is 12.2 Å². The fraction of sp³-hybridized carbons (Fsp3) is 0.905. The van der Waals surface area contributed by atoms with Gasteiger partial charge < -0.3 is 14.2 Å². The first kappa shape index (κ1) is 46.9. The summed E-state index contributed by atoms with van der Waals surface area (Å²) in [5.41, 5.74) is 0. The van der Waals surface area contributed by atoms with Gasteiger partial charge in [-0.1, -0.05) is 153 Å². The molecule has 0 saturated heterocycles. The number of ether oxygens (including phenoxy) is 3. The summed E-state index contributed by atoms with van der Waals surface area (Å²) in [5.74, 6) is 1.65. The summed E-state index contributed by atoms with van der Waals surface area (Å²) in [5, 5.41) is 0. The van der Waals surface area contributed by atoms with Crippen LogP contribution in [-0.2, 0) is 14.2 Å². The predicted octanol–water partition coefficient (Wildman–Crippen LogP) is 15.0. The fourth-order valence-corrected chi connectivity index (χ4v) is 6.29. The molecule has 0 aromatic heterocycles. The molecular weight excluding hydrogens is 623 g/mol. The van der Waals surface area contributed by atoms with E-state index >= 15 is 0 Å². The molecule has 0 bridgehead atoms. The van der Waals surface area contributed by atoms with Crippen molar-refractivity contribution in [2.45, 2.75) is 219 Å². The molecule has 2 unspecified atom stereocenters. The summed E-state index contributed by atoms with van der Waals surface area (Å²) in [6, 6.07) is 0. The molecule has 47 heavy (non-hydrogen) atoms. The molecule has 0 aliphatic heterocycles. The molecule has 0 N–H and O–H groups in total. The maximum Gasteiger partial charge on any atom is 0.149 e. The Kier molecular flexibility index (Phi) is 42.1. The second kappa shape index (κ2) is 42.1. The first-order valence-electron chi connectivity index (χ1n) is 20.4. The minimum absolute atomic E-state index is 0.208. The lowest BCUT2D eigenvalue weighted by molar-refractivity contribution is -0.160. The van der Waals surface area contributed by atoms with Crippen LogP contribution in [0.2, 0.25) is 0 Å². The van der Waals surface area contributed by atoms with Crippen LogP contribution in [0.4, 0.5) is 0 Å². The average Bonchev–Trinajstić information content (AvgIpc) is 3.07. The summed E-state index contributed by atoms with van der Waals surface area (Å²) in [7, 11) is 0. The Labute approximate surface area is 304 Å². The van der Waals surface area contributed by atoms with Crippen LogP contribution >= 0.6 is 23.2 Å². The topological polar surface area (TPSA) is 27.7 Å². The molecule has 0 amide bonds. The third kappa shape index (κ3) is 42.0. The minimum atomic E-state index is 0.208. The van der Waals surface area contributed by atoms with Crippen molar-refractivity contribution in [3.8, 4) is 0 Å². The molecule has 0 aliphatic rings. The van der Waals surface area contributed by atoms with E-state index in [0.717, 1.165) is 37.4 Å². The quantitative estimate of drug-likeness (QED) is 0.0275. The van der Waals surface area contributed by atoms with Crippen LogP contribution in [0, 0.1) is 0 Å². The summed E-state index contributed by atoms with van der Waals surface area (Å²) in [6.45, 7) is 4.87. The molecule has 0 saturated carbocycles.